The first kappa shape index (κ1) is 14.9. The highest BCUT2D eigenvalue weighted by Gasteiger charge is 2.26. The molecule has 1 aromatic rings. The van der Waals surface area contributed by atoms with Gasteiger partial charge in [0, 0.05) is 18.6 Å². The lowest BCUT2D eigenvalue weighted by molar-refractivity contribution is 0.547. The number of halogens is 1. The normalized spacial score (nSPS) is 20.0. The molecule has 0 aliphatic heterocycles. The van der Waals surface area contributed by atoms with Gasteiger partial charge in [-0.3, -0.25) is 0 Å². The molecular weight excluding hydrogens is 291 g/mol. The van der Waals surface area contributed by atoms with Gasteiger partial charge < -0.3 is 5.32 Å². The van der Waals surface area contributed by atoms with Crippen LogP contribution in [0.4, 0.5) is 4.39 Å². The summed E-state index contributed by atoms with van der Waals surface area (Å²) < 4.78 is 41.2. The molecule has 116 valence electrons. The third-order valence-electron chi connectivity index (χ3n) is 4.15. The number of rotatable bonds is 6. The van der Waals surface area contributed by atoms with E-state index in [-0.39, 0.29) is 10.9 Å². The molecule has 3 rings (SSSR count). The second-order valence-corrected chi connectivity index (χ2v) is 7.69. The minimum atomic E-state index is -3.65. The molecule has 21 heavy (non-hydrogen) atoms. The standard InChI is InChI=1S/C15H21FN2O2S/c16-12-6-5-11(10-17-13-7-8-13)15(9-12)21(19,20)18-14-3-1-2-4-14/h5-6,9,13-14,17-18H,1-4,7-8,10H2. The molecule has 0 radical (unpaired) electrons. The smallest absolute Gasteiger partial charge is 0.241 e. The highest BCUT2D eigenvalue weighted by molar-refractivity contribution is 7.89. The third-order valence-corrected chi connectivity index (χ3v) is 5.76. The average Bonchev–Trinajstić information content (AvgIpc) is 3.14. The number of hydrogen-bond acceptors (Lipinski definition) is 3. The van der Waals surface area contributed by atoms with E-state index >= 15 is 0 Å². The minimum absolute atomic E-state index is 0.0116. The summed E-state index contributed by atoms with van der Waals surface area (Å²) in [6.07, 6.45) is 6.08. The molecule has 0 amide bonds. The third kappa shape index (κ3) is 3.81. The van der Waals surface area contributed by atoms with Gasteiger partial charge in [-0.25, -0.2) is 17.5 Å². The van der Waals surface area contributed by atoms with E-state index in [1.54, 1.807) is 6.07 Å². The Labute approximate surface area is 125 Å². The fourth-order valence-electron chi connectivity index (χ4n) is 2.79. The molecule has 2 fully saturated rings. The van der Waals surface area contributed by atoms with Crippen LogP contribution in [0.2, 0.25) is 0 Å². The fourth-order valence-corrected chi connectivity index (χ4v) is 4.35. The average molecular weight is 312 g/mol. The van der Waals surface area contributed by atoms with Crippen LogP contribution in [0.3, 0.4) is 0 Å². The summed E-state index contributed by atoms with van der Waals surface area (Å²) in [5.74, 6) is -0.517. The van der Waals surface area contributed by atoms with Crippen LogP contribution in [-0.4, -0.2) is 20.5 Å². The van der Waals surface area contributed by atoms with E-state index in [1.807, 2.05) is 0 Å². The Balaban J connectivity index is 1.81. The summed E-state index contributed by atoms with van der Waals surface area (Å²) in [6, 6.07) is 4.48. The number of sulfonamides is 1. The molecule has 2 aliphatic carbocycles. The van der Waals surface area contributed by atoms with Crippen LogP contribution in [0, 0.1) is 5.82 Å². The molecule has 0 aromatic heterocycles. The maximum absolute atomic E-state index is 13.5. The zero-order valence-electron chi connectivity index (χ0n) is 11.9. The topological polar surface area (TPSA) is 58.2 Å². The molecule has 4 nitrogen and oxygen atoms in total. The molecule has 0 heterocycles. The highest BCUT2D eigenvalue weighted by atomic mass is 32.2. The van der Waals surface area contributed by atoms with Gasteiger partial charge in [0.25, 0.3) is 0 Å². The lowest BCUT2D eigenvalue weighted by Gasteiger charge is -2.16. The van der Waals surface area contributed by atoms with Gasteiger partial charge in [0.05, 0.1) is 4.90 Å². The van der Waals surface area contributed by atoms with Crippen LogP contribution >= 0.6 is 0 Å². The van der Waals surface area contributed by atoms with Crippen LogP contribution in [0.25, 0.3) is 0 Å². The monoisotopic (exact) mass is 312 g/mol. The summed E-state index contributed by atoms with van der Waals surface area (Å²) in [5, 5.41) is 3.28. The summed E-state index contributed by atoms with van der Waals surface area (Å²) in [7, 11) is -3.65. The summed E-state index contributed by atoms with van der Waals surface area (Å²) in [6.45, 7) is 0.464. The largest absolute Gasteiger partial charge is 0.310 e. The quantitative estimate of drug-likeness (QED) is 0.847. The Bertz CT molecular complexity index is 608. The van der Waals surface area contributed by atoms with Gasteiger partial charge in [-0.15, -0.1) is 0 Å². The lowest BCUT2D eigenvalue weighted by atomic mass is 10.2. The first-order valence-electron chi connectivity index (χ1n) is 7.59. The molecule has 6 heteroatoms. The predicted molar refractivity (Wildman–Crippen MR) is 78.8 cm³/mol. The van der Waals surface area contributed by atoms with E-state index in [0.29, 0.717) is 18.2 Å². The van der Waals surface area contributed by atoms with Crippen molar-refractivity contribution in [1.82, 2.24) is 10.0 Å². The van der Waals surface area contributed by atoms with Gasteiger partial charge in [0.2, 0.25) is 10.0 Å². The molecule has 0 atom stereocenters. The maximum Gasteiger partial charge on any atom is 0.241 e. The van der Waals surface area contributed by atoms with Crippen molar-refractivity contribution in [2.45, 2.75) is 62.0 Å². The van der Waals surface area contributed by atoms with Crippen LogP contribution in [-0.2, 0) is 16.6 Å². The molecule has 2 N–H and O–H groups in total. The Kier molecular flexibility index (Phi) is 4.28. The van der Waals surface area contributed by atoms with Crippen molar-refractivity contribution in [3.8, 4) is 0 Å². The number of nitrogens with one attached hydrogen (secondary N) is 2. The SMILES string of the molecule is O=S(=O)(NC1CCCC1)c1cc(F)ccc1CNC1CC1. The van der Waals surface area contributed by atoms with Gasteiger partial charge in [0.1, 0.15) is 5.82 Å². The van der Waals surface area contributed by atoms with Gasteiger partial charge in [-0.05, 0) is 43.4 Å². The van der Waals surface area contributed by atoms with E-state index in [0.717, 1.165) is 44.6 Å². The Morgan fingerprint density at radius 2 is 1.81 bits per heavy atom. The van der Waals surface area contributed by atoms with Gasteiger partial charge in [0.15, 0.2) is 0 Å². The van der Waals surface area contributed by atoms with Crippen molar-refractivity contribution in [1.29, 1.82) is 0 Å². The van der Waals surface area contributed by atoms with Crippen molar-refractivity contribution in [2.24, 2.45) is 0 Å². The molecule has 2 saturated carbocycles. The van der Waals surface area contributed by atoms with E-state index in [4.69, 9.17) is 0 Å². The summed E-state index contributed by atoms with van der Waals surface area (Å²) in [5.41, 5.74) is 0.633. The zero-order valence-corrected chi connectivity index (χ0v) is 12.8. The van der Waals surface area contributed by atoms with Crippen molar-refractivity contribution in [2.75, 3.05) is 0 Å². The fraction of sp³-hybridized carbons (Fsp3) is 0.600. The van der Waals surface area contributed by atoms with Gasteiger partial charge >= 0.3 is 0 Å². The van der Waals surface area contributed by atoms with Crippen molar-refractivity contribution in [3.05, 3.63) is 29.6 Å². The second kappa shape index (κ2) is 6.02. The zero-order chi connectivity index (χ0) is 14.9. The number of hydrogen-bond donors (Lipinski definition) is 2. The molecule has 0 saturated heterocycles. The van der Waals surface area contributed by atoms with Crippen molar-refractivity contribution < 1.29 is 12.8 Å². The second-order valence-electron chi connectivity index (χ2n) is 6.01. The van der Waals surface area contributed by atoms with Gasteiger partial charge in [-0.2, -0.15) is 0 Å². The van der Waals surface area contributed by atoms with E-state index < -0.39 is 15.8 Å². The lowest BCUT2D eigenvalue weighted by Crippen LogP contribution is -2.33. The summed E-state index contributed by atoms with van der Waals surface area (Å²) in [4.78, 5) is 0.0718. The molecule has 2 aliphatic rings. The van der Waals surface area contributed by atoms with Crippen molar-refractivity contribution >= 4 is 10.0 Å². The predicted octanol–water partition coefficient (Wildman–Crippen LogP) is 2.30. The van der Waals surface area contributed by atoms with Crippen LogP contribution < -0.4 is 10.0 Å². The maximum atomic E-state index is 13.5. The Morgan fingerprint density at radius 3 is 2.48 bits per heavy atom. The van der Waals surface area contributed by atoms with Crippen LogP contribution in [0.15, 0.2) is 23.1 Å². The van der Waals surface area contributed by atoms with E-state index in [2.05, 4.69) is 10.0 Å². The minimum Gasteiger partial charge on any atom is -0.310 e. The first-order valence-corrected chi connectivity index (χ1v) is 9.07. The van der Waals surface area contributed by atoms with Gasteiger partial charge in [-0.1, -0.05) is 18.9 Å². The molecule has 0 spiro atoms. The highest BCUT2D eigenvalue weighted by Crippen LogP contribution is 2.24. The molecule has 0 bridgehead atoms. The van der Waals surface area contributed by atoms with E-state index in [1.165, 1.54) is 6.07 Å². The molecule has 1 aromatic carbocycles. The van der Waals surface area contributed by atoms with E-state index in [9.17, 15) is 12.8 Å². The van der Waals surface area contributed by atoms with Crippen LogP contribution in [0.5, 0.6) is 0 Å². The number of benzene rings is 1. The van der Waals surface area contributed by atoms with Crippen LogP contribution in [0.1, 0.15) is 44.1 Å². The van der Waals surface area contributed by atoms with Crippen molar-refractivity contribution in [3.63, 3.8) is 0 Å². The molecule has 0 unspecified atom stereocenters. The molecular formula is C15H21FN2O2S. The Morgan fingerprint density at radius 1 is 1.10 bits per heavy atom. The Hall–Kier alpha value is -0.980. The summed E-state index contributed by atoms with van der Waals surface area (Å²) >= 11 is 0. The first-order chi connectivity index (χ1) is 10.0.